The van der Waals surface area contributed by atoms with Crippen LogP contribution in [0.5, 0.6) is 11.5 Å². The molecule has 1 aromatic carbocycles. The number of fused-ring (bicyclic) bond motifs is 1. The van der Waals surface area contributed by atoms with Gasteiger partial charge in [-0.15, -0.1) is 0 Å². The Hall–Kier alpha value is -2.35. The van der Waals surface area contributed by atoms with Crippen molar-refractivity contribution in [1.29, 1.82) is 0 Å². The van der Waals surface area contributed by atoms with Crippen LogP contribution in [0, 0.1) is 10.7 Å². The van der Waals surface area contributed by atoms with E-state index in [4.69, 9.17) is 21.7 Å². The molecule has 0 aliphatic carbocycles. The quantitative estimate of drug-likeness (QED) is 0.839. The van der Waals surface area contributed by atoms with Crippen LogP contribution in [0.3, 0.4) is 0 Å². The molecule has 0 radical (unpaired) electrons. The van der Waals surface area contributed by atoms with Crippen molar-refractivity contribution in [3.05, 3.63) is 34.4 Å². The average Bonchev–Trinajstić information content (AvgIpc) is 3.11. The summed E-state index contributed by atoms with van der Waals surface area (Å²) in [6.45, 7) is 4.21. The summed E-state index contributed by atoms with van der Waals surface area (Å²) in [4.78, 5) is 12.6. The highest BCUT2D eigenvalue weighted by Crippen LogP contribution is 2.32. The molecule has 0 bridgehead atoms. The molecule has 2 N–H and O–H groups in total. The minimum Gasteiger partial charge on any atom is -0.454 e. The highest BCUT2D eigenvalue weighted by molar-refractivity contribution is 7.71. The number of aromatic amines is 1. The van der Waals surface area contributed by atoms with Gasteiger partial charge < -0.3 is 19.4 Å². The number of nitrogens with zero attached hydrogens (tertiary/aromatic N) is 2. The van der Waals surface area contributed by atoms with Crippen molar-refractivity contribution in [1.82, 2.24) is 20.1 Å². The Kier molecular flexibility index (Phi) is 4.08. The molecule has 23 heavy (non-hydrogen) atoms. The highest BCUT2D eigenvalue weighted by atomic mass is 32.1. The summed E-state index contributed by atoms with van der Waals surface area (Å²) in [5, 5.41) is 9.98. The van der Waals surface area contributed by atoms with E-state index in [9.17, 15) is 4.79 Å². The summed E-state index contributed by atoms with van der Waals surface area (Å²) in [5.74, 6) is 1.88. The van der Waals surface area contributed by atoms with Crippen LogP contribution in [0.2, 0.25) is 0 Å². The SMILES string of the molecule is CC(C)C(NC(=O)c1ccc2c(c1)OCO2)c1n[nH]c(=S)n1C. The first-order valence-corrected chi connectivity index (χ1v) is 7.70. The first kappa shape index (κ1) is 15.5. The Balaban J connectivity index is 1.84. The number of hydrogen-bond acceptors (Lipinski definition) is 5. The molecule has 3 rings (SSSR count). The van der Waals surface area contributed by atoms with Crippen LogP contribution in [0.4, 0.5) is 0 Å². The van der Waals surface area contributed by atoms with Gasteiger partial charge in [0.2, 0.25) is 6.79 Å². The minimum atomic E-state index is -0.258. The highest BCUT2D eigenvalue weighted by Gasteiger charge is 2.24. The van der Waals surface area contributed by atoms with Gasteiger partial charge in [-0.1, -0.05) is 13.8 Å². The molecule has 1 aromatic heterocycles. The third-order valence-corrected chi connectivity index (χ3v) is 4.15. The molecule has 0 spiro atoms. The predicted octanol–water partition coefficient (Wildman–Crippen LogP) is 2.33. The van der Waals surface area contributed by atoms with Gasteiger partial charge >= 0.3 is 0 Å². The van der Waals surface area contributed by atoms with Gasteiger partial charge in [0.05, 0.1) is 6.04 Å². The largest absolute Gasteiger partial charge is 0.454 e. The lowest BCUT2D eigenvalue weighted by atomic mass is 10.0. The lowest BCUT2D eigenvalue weighted by Gasteiger charge is -2.21. The number of aromatic nitrogens is 3. The normalized spacial score (nSPS) is 14.1. The van der Waals surface area contributed by atoms with Gasteiger partial charge in [0.15, 0.2) is 22.1 Å². The Labute approximate surface area is 138 Å². The zero-order valence-corrected chi connectivity index (χ0v) is 13.9. The fourth-order valence-electron chi connectivity index (χ4n) is 2.43. The Morgan fingerprint density at radius 3 is 2.78 bits per heavy atom. The van der Waals surface area contributed by atoms with Gasteiger partial charge in [-0.25, -0.2) is 0 Å². The smallest absolute Gasteiger partial charge is 0.252 e. The van der Waals surface area contributed by atoms with E-state index in [0.29, 0.717) is 27.7 Å². The molecule has 8 heteroatoms. The van der Waals surface area contributed by atoms with Crippen LogP contribution < -0.4 is 14.8 Å². The maximum Gasteiger partial charge on any atom is 0.252 e. The minimum absolute atomic E-state index is 0.150. The van der Waals surface area contributed by atoms with Crippen LogP contribution in [0.25, 0.3) is 0 Å². The molecule has 1 aliphatic heterocycles. The molecule has 1 aliphatic rings. The van der Waals surface area contributed by atoms with Gasteiger partial charge in [-0.05, 0) is 36.3 Å². The average molecular weight is 334 g/mol. The van der Waals surface area contributed by atoms with Gasteiger partial charge in [0, 0.05) is 12.6 Å². The van der Waals surface area contributed by atoms with E-state index >= 15 is 0 Å². The summed E-state index contributed by atoms with van der Waals surface area (Å²) < 4.78 is 12.8. The number of rotatable bonds is 4. The summed E-state index contributed by atoms with van der Waals surface area (Å²) in [5.41, 5.74) is 0.511. The molecule has 0 saturated heterocycles. The standard InChI is InChI=1S/C15H18N4O3S/c1-8(2)12(13-17-18-15(23)19(13)3)16-14(20)9-4-5-10-11(6-9)22-7-21-10/h4-6,8,12H,7H2,1-3H3,(H,16,20)(H,18,23). The summed E-state index contributed by atoms with van der Waals surface area (Å²) in [6.07, 6.45) is 0. The molecule has 1 atom stereocenters. The summed E-state index contributed by atoms with van der Waals surface area (Å²) in [6, 6.07) is 4.87. The van der Waals surface area contributed by atoms with Crippen molar-refractivity contribution < 1.29 is 14.3 Å². The van der Waals surface area contributed by atoms with E-state index in [0.717, 1.165) is 0 Å². The van der Waals surface area contributed by atoms with E-state index in [2.05, 4.69) is 15.5 Å². The maximum atomic E-state index is 12.6. The van der Waals surface area contributed by atoms with Crippen LogP contribution in [0.15, 0.2) is 18.2 Å². The second-order valence-corrected chi connectivity index (χ2v) is 6.10. The predicted molar refractivity (Wildman–Crippen MR) is 86.0 cm³/mol. The Bertz CT molecular complexity index is 796. The van der Waals surface area contributed by atoms with Crippen LogP contribution in [-0.4, -0.2) is 27.5 Å². The third kappa shape index (κ3) is 2.94. The van der Waals surface area contributed by atoms with E-state index in [1.807, 2.05) is 20.9 Å². The monoisotopic (exact) mass is 334 g/mol. The fourth-order valence-corrected chi connectivity index (χ4v) is 2.57. The Morgan fingerprint density at radius 2 is 2.13 bits per heavy atom. The fraction of sp³-hybridized carbons (Fsp3) is 0.400. The van der Waals surface area contributed by atoms with E-state index < -0.39 is 0 Å². The number of amides is 1. The van der Waals surface area contributed by atoms with E-state index in [-0.39, 0.29) is 24.7 Å². The lowest BCUT2D eigenvalue weighted by molar-refractivity contribution is 0.0922. The molecule has 0 fully saturated rings. The summed E-state index contributed by atoms with van der Waals surface area (Å²) >= 11 is 5.14. The molecule has 7 nitrogen and oxygen atoms in total. The molecule has 122 valence electrons. The van der Waals surface area contributed by atoms with Crippen molar-refractivity contribution in [2.24, 2.45) is 13.0 Å². The zero-order valence-electron chi connectivity index (χ0n) is 13.1. The molecule has 1 amide bonds. The molecule has 0 saturated carbocycles. The van der Waals surface area contributed by atoms with Crippen LogP contribution in [0.1, 0.15) is 36.1 Å². The number of H-pyrrole nitrogens is 1. The van der Waals surface area contributed by atoms with Gasteiger partial charge in [-0.2, -0.15) is 5.10 Å². The molecule has 1 unspecified atom stereocenters. The van der Waals surface area contributed by atoms with Gasteiger partial charge in [0.1, 0.15) is 0 Å². The third-order valence-electron chi connectivity index (χ3n) is 3.78. The van der Waals surface area contributed by atoms with Gasteiger partial charge in [0.25, 0.3) is 5.91 Å². The second-order valence-electron chi connectivity index (χ2n) is 5.71. The first-order chi connectivity index (χ1) is 11.0. The number of carbonyl (C=O) groups is 1. The van der Waals surface area contributed by atoms with Crippen molar-refractivity contribution in [3.63, 3.8) is 0 Å². The topological polar surface area (TPSA) is 81.2 Å². The zero-order chi connectivity index (χ0) is 16.6. The van der Waals surface area contributed by atoms with E-state index in [1.165, 1.54) is 0 Å². The first-order valence-electron chi connectivity index (χ1n) is 7.29. The van der Waals surface area contributed by atoms with Crippen molar-refractivity contribution in [3.8, 4) is 11.5 Å². The number of carbonyl (C=O) groups excluding carboxylic acids is 1. The molecule has 2 heterocycles. The van der Waals surface area contributed by atoms with Gasteiger partial charge in [-0.3, -0.25) is 9.89 Å². The van der Waals surface area contributed by atoms with Crippen LogP contribution >= 0.6 is 12.2 Å². The number of hydrogen-bond donors (Lipinski definition) is 2. The summed E-state index contributed by atoms with van der Waals surface area (Å²) in [7, 11) is 1.82. The number of ether oxygens (including phenoxy) is 2. The molecular weight excluding hydrogens is 316 g/mol. The van der Waals surface area contributed by atoms with E-state index in [1.54, 1.807) is 22.8 Å². The number of nitrogens with one attached hydrogen (secondary N) is 2. The Morgan fingerprint density at radius 1 is 1.39 bits per heavy atom. The van der Waals surface area contributed by atoms with Crippen molar-refractivity contribution >= 4 is 18.1 Å². The van der Waals surface area contributed by atoms with Crippen molar-refractivity contribution in [2.75, 3.05) is 6.79 Å². The second kappa shape index (κ2) is 6.04. The molecular formula is C15H18N4O3S. The molecule has 2 aromatic rings. The van der Waals surface area contributed by atoms with Crippen molar-refractivity contribution in [2.45, 2.75) is 19.9 Å². The lowest BCUT2D eigenvalue weighted by Crippen LogP contribution is -2.33. The van der Waals surface area contributed by atoms with Crippen LogP contribution in [-0.2, 0) is 7.05 Å². The number of benzene rings is 1. The maximum absolute atomic E-state index is 12.6.